The molecule has 0 bridgehead atoms. The smallest absolute Gasteiger partial charge is 0.229 e. The van der Waals surface area contributed by atoms with Gasteiger partial charge in [-0.15, -0.1) is 0 Å². The number of hydrogen-bond donors (Lipinski definition) is 2. The minimum Gasteiger partial charge on any atom is -0.497 e. The van der Waals surface area contributed by atoms with E-state index in [1.807, 2.05) is 37.3 Å². The summed E-state index contributed by atoms with van der Waals surface area (Å²) >= 11 is 0. The van der Waals surface area contributed by atoms with Crippen molar-refractivity contribution in [1.82, 2.24) is 9.97 Å². The van der Waals surface area contributed by atoms with Crippen LogP contribution in [0.25, 0.3) is 0 Å². The zero-order valence-electron chi connectivity index (χ0n) is 15.6. The van der Waals surface area contributed by atoms with Gasteiger partial charge in [0, 0.05) is 29.2 Å². The molecule has 3 aromatic rings. The highest BCUT2D eigenvalue weighted by Gasteiger charge is 2.05. The maximum Gasteiger partial charge on any atom is 0.229 e. The molecular formula is C21H24N4O. The molecule has 0 aliphatic heterocycles. The normalized spacial score (nSPS) is 10.7. The molecule has 1 aromatic heterocycles. The highest BCUT2D eigenvalue weighted by Crippen LogP contribution is 2.23. The lowest BCUT2D eigenvalue weighted by molar-refractivity contribution is 0.415. The fraction of sp³-hybridized carbons (Fsp3) is 0.238. The summed E-state index contributed by atoms with van der Waals surface area (Å²) in [6, 6.07) is 18.0. The van der Waals surface area contributed by atoms with Gasteiger partial charge in [-0.1, -0.05) is 32.0 Å². The van der Waals surface area contributed by atoms with Crippen molar-refractivity contribution >= 4 is 23.1 Å². The van der Waals surface area contributed by atoms with Crippen LogP contribution in [-0.4, -0.2) is 17.1 Å². The fourth-order valence-corrected chi connectivity index (χ4v) is 2.62. The summed E-state index contributed by atoms with van der Waals surface area (Å²) in [6.45, 7) is 6.32. The third-order valence-corrected chi connectivity index (χ3v) is 4.03. The third-order valence-electron chi connectivity index (χ3n) is 4.03. The lowest BCUT2D eigenvalue weighted by Gasteiger charge is -2.11. The van der Waals surface area contributed by atoms with Crippen LogP contribution in [0.2, 0.25) is 0 Å². The molecule has 0 amide bonds. The van der Waals surface area contributed by atoms with E-state index in [-0.39, 0.29) is 0 Å². The first-order chi connectivity index (χ1) is 12.5. The van der Waals surface area contributed by atoms with Gasteiger partial charge < -0.3 is 15.4 Å². The van der Waals surface area contributed by atoms with Gasteiger partial charge >= 0.3 is 0 Å². The quantitative estimate of drug-likeness (QED) is 0.624. The number of methoxy groups -OCH3 is 1. The summed E-state index contributed by atoms with van der Waals surface area (Å²) in [7, 11) is 1.65. The Morgan fingerprint density at radius 3 is 2.35 bits per heavy atom. The van der Waals surface area contributed by atoms with E-state index in [1.54, 1.807) is 7.11 Å². The molecule has 0 unspecified atom stereocenters. The van der Waals surface area contributed by atoms with Gasteiger partial charge in [0.2, 0.25) is 5.95 Å². The monoisotopic (exact) mass is 348 g/mol. The highest BCUT2D eigenvalue weighted by molar-refractivity contribution is 5.61. The molecule has 134 valence electrons. The second kappa shape index (κ2) is 7.87. The first-order valence-corrected chi connectivity index (χ1v) is 8.67. The Morgan fingerprint density at radius 1 is 0.885 bits per heavy atom. The number of benzene rings is 2. The van der Waals surface area contributed by atoms with Crippen LogP contribution >= 0.6 is 0 Å². The molecule has 0 aliphatic carbocycles. The van der Waals surface area contributed by atoms with Crippen LogP contribution in [0.15, 0.2) is 54.6 Å². The van der Waals surface area contributed by atoms with Gasteiger partial charge in [-0.3, -0.25) is 0 Å². The lowest BCUT2D eigenvalue weighted by atomic mass is 10.0. The minimum atomic E-state index is 0.518. The Labute approximate surface area is 154 Å². The minimum absolute atomic E-state index is 0.518. The van der Waals surface area contributed by atoms with Gasteiger partial charge in [-0.25, -0.2) is 4.98 Å². The van der Waals surface area contributed by atoms with Crippen molar-refractivity contribution in [3.05, 3.63) is 65.9 Å². The fourth-order valence-electron chi connectivity index (χ4n) is 2.62. The number of aryl methyl sites for hydroxylation is 1. The maximum absolute atomic E-state index is 5.25. The van der Waals surface area contributed by atoms with Gasteiger partial charge in [-0.05, 0) is 42.7 Å². The SMILES string of the molecule is COc1cccc(Nc2nc(C)cc(Nc3ccc(C(C)C)cc3)n2)c1. The molecule has 5 heteroatoms. The molecule has 1 heterocycles. The zero-order chi connectivity index (χ0) is 18.5. The first-order valence-electron chi connectivity index (χ1n) is 8.67. The predicted molar refractivity (Wildman–Crippen MR) is 107 cm³/mol. The topological polar surface area (TPSA) is 59.1 Å². The van der Waals surface area contributed by atoms with E-state index in [1.165, 1.54) is 5.56 Å². The van der Waals surface area contributed by atoms with Gasteiger partial charge in [0.25, 0.3) is 0 Å². The zero-order valence-corrected chi connectivity index (χ0v) is 15.6. The lowest BCUT2D eigenvalue weighted by Crippen LogP contribution is -2.02. The summed E-state index contributed by atoms with van der Waals surface area (Å²) < 4.78 is 5.25. The van der Waals surface area contributed by atoms with Crippen molar-refractivity contribution in [1.29, 1.82) is 0 Å². The molecular weight excluding hydrogens is 324 g/mol. The third kappa shape index (κ3) is 4.51. The number of anilines is 4. The van der Waals surface area contributed by atoms with E-state index >= 15 is 0 Å². The number of nitrogens with zero attached hydrogens (tertiary/aromatic N) is 2. The number of ether oxygens (including phenoxy) is 1. The Kier molecular flexibility index (Phi) is 5.37. The summed E-state index contributed by atoms with van der Waals surface area (Å²) in [6.07, 6.45) is 0. The first kappa shape index (κ1) is 17.7. The number of rotatable bonds is 6. The largest absolute Gasteiger partial charge is 0.497 e. The molecule has 0 spiro atoms. The van der Waals surface area contributed by atoms with E-state index in [0.29, 0.717) is 11.9 Å². The second-order valence-corrected chi connectivity index (χ2v) is 6.48. The van der Waals surface area contributed by atoms with Crippen LogP contribution < -0.4 is 15.4 Å². The summed E-state index contributed by atoms with van der Waals surface area (Å²) in [5.41, 5.74) is 4.07. The number of hydrogen-bond acceptors (Lipinski definition) is 5. The van der Waals surface area contributed by atoms with E-state index < -0.39 is 0 Å². The van der Waals surface area contributed by atoms with Crippen molar-refractivity contribution in [2.24, 2.45) is 0 Å². The van der Waals surface area contributed by atoms with Crippen LogP contribution in [0.4, 0.5) is 23.1 Å². The van der Waals surface area contributed by atoms with Crippen molar-refractivity contribution in [2.45, 2.75) is 26.7 Å². The van der Waals surface area contributed by atoms with E-state index in [0.717, 1.165) is 28.6 Å². The molecule has 0 fully saturated rings. The standard InChI is InChI=1S/C21H24N4O/c1-14(2)16-8-10-17(11-9-16)23-20-12-15(3)22-21(25-20)24-18-6-5-7-19(13-18)26-4/h5-14H,1-4H3,(H2,22,23,24,25). The van der Waals surface area contributed by atoms with Crippen LogP contribution in [0.5, 0.6) is 5.75 Å². The maximum atomic E-state index is 5.25. The van der Waals surface area contributed by atoms with Crippen molar-refractivity contribution in [2.75, 3.05) is 17.7 Å². The molecule has 0 saturated heterocycles. The molecule has 5 nitrogen and oxygen atoms in total. The average Bonchev–Trinajstić information content (AvgIpc) is 2.62. The Bertz CT molecular complexity index is 875. The highest BCUT2D eigenvalue weighted by atomic mass is 16.5. The molecule has 2 aromatic carbocycles. The molecule has 0 saturated carbocycles. The molecule has 0 radical (unpaired) electrons. The van der Waals surface area contributed by atoms with Gasteiger partial charge in [0.15, 0.2) is 0 Å². The Hall–Kier alpha value is -3.08. The number of aromatic nitrogens is 2. The van der Waals surface area contributed by atoms with Crippen molar-refractivity contribution in [3.8, 4) is 5.75 Å². The van der Waals surface area contributed by atoms with Crippen molar-refractivity contribution in [3.63, 3.8) is 0 Å². The number of nitrogens with one attached hydrogen (secondary N) is 2. The molecule has 3 rings (SSSR count). The predicted octanol–water partition coefficient (Wildman–Crippen LogP) is 5.40. The second-order valence-electron chi connectivity index (χ2n) is 6.48. The van der Waals surface area contributed by atoms with Crippen molar-refractivity contribution < 1.29 is 4.74 Å². The Balaban J connectivity index is 1.78. The Morgan fingerprint density at radius 2 is 1.65 bits per heavy atom. The molecule has 0 atom stereocenters. The molecule has 2 N–H and O–H groups in total. The van der Waals surface area contributed by atoms with Crippen LogP contribution in [0.1, 0.15) is 31.0 Å². The van der Waals surface area contributed by atoms with Crippen LogP contribution in [0.3, 0.4) is 0 Å². The van der Waals surface area contributed by atoms with Crippen LogP contribution in [-0.2, 0) is 0 Å². The summed E-state index contributed by atoms with van der Waals surface area (Å²) in [5, 5.41) is 6.57. The van der Waals surface area contributed by atoms with E-state index in [9.17, 15) is 0 Å². The summed E-state index contributed by atoms with van der Waals surface area (Å²) in [5.74, 6) is 2.59. The van der Waals surface area contributed by atoms with E-state index in [4.69, 9.17) is 4.74 Å². The van der Waals surface area contributed by atoms with Crippen LogP contribution in [0, 0.1) is 6.92 Å². The van der Waals surface area contributed by atoms with Gasteiger partial charge in [0.05, 0.1) is 7.11 Å². The van der Waals surface area contributed by atoms with Gasteiger partial charge in [-0.2, -0.15) is 4.98 Å². The summed E-state index contributed by atoms with van der Waals surface area (Å²) in [4.78, 5) is 9.02. The molecule has 0 aliphatic rings. The van der Waals surface area contributed by atoms with Gasteiger partial charge in [0.1, 0.15) is 11.6 Å². The average molecular weight is 348 g/mol. The molecule has 26 heavy (non-hydrogen) atoms. The van der Waals surface area contributed by atoms with E-state index in [2.05, 4.69) is 58.7 Å².